The zero-order valence-electron chi connectivity index (χ0n) is 16.0. The zero-order valence-corrected chi connectivity index (χ0v) is 16.0. The molecule has 0 spiro atoms. The van der Waals surface area contributed by atoms with Crippen LogP contribution in [0.4, 0.5) is 10.1 Å². The number of anilines is 1. The molecule has 7 nitrogen and oxygen atoms in total. The van der Waals surface area contributed by atoms with Crippen LogP contribution in [-0.2, 0) is 6.54 Å². The van der Waals surface area contributed by atoms with Gasteiger partial charge in [-0.3, -0.25) is 9.48 Å². The van der Waals surface area contributed by atoms with Gasteiger partial charge < -0.3 is 14.8 Å². The maximum Gasteiger partial charge on any atom is 0.259 e. The van der Waals surface area contributed by atoms with Crippen molar-refractivity contribution in [3.63, 3.8) is 0 Å². The monoisotopic (exact) mass is 394 g/mol. The molecule has 0 atom stereocenters. The number of hydrogen-bond acceptors (Lipinski definition) is 5. The second kappa shape index (κ2) is 8.89. The molecule has 3 rings (SSSR count). The van der Waals surface area contributed by atoms with E-state index in [1.807, 2.05) is 0 Å². The molecule has 0 aliphatic rings. The minimum atomic E-state index is -0.399. The van der Waals surface area contributed by atoms with Crippen molar-refractivity contribution in [3.8, 4) is 28.8 Å². The Kier molecular flexibility index (Phi) is 6.09. The molecule has 1 amide bonds. The van der Waals surface area contributed by atoms with Crippen molar-refractivity contribution in [1.29, 1.82) is 5.26 Å². The Bertz CT molecular complexity index is 1050. The summed E-state index contributed by atoms with van der Waals surface area (Å²) in [6, 6.07) is 12.8. The number of halogens is 1. The van der Waals surface area contributed by atoms with Crippen molar-refractivity contribution in [2.24, 2.45) is 0 Å². The fraction of sp³-hybridized carbons (Fsp3) is 0.190. The molecule has 0 fully saturated rings. The lowest BCUT2D eigenvalue weighted by molar-refractivity contribution is 0.102. The Hall–Kier alpha value is -3.86. The van der Waals surface area contributed by atoms with E-state index in [-0.39, 0.29) is 6.42 Å². The Morgan fingerprint density at radius 2 is 1.90 bits per heavy atom. The molecule has 0 aliphatic carbocycles. The number of nitrogens with zero attached hydrogens (tertiary/aromatic N) is 3. The average molecular weight is 394 g/mol. The summed E-state index contributed by atoms with van der Waals surface area (Å²) in [6.45, 7) is 0.348. The van der Waals surface area contributed by atoms with Crippen molar-refractivity contribution in [3.05, 3.63) is 60.0 Å². The van der Waals surface area contributed by atoms with Gasteiger partial charge in [0.1, 0.15) is 11.5 Å². The third kappa shape index (κ3) is 4.52. The van der Waals surface area contributed by atoms with Gasteiger partial charge in [0.05, 0.1) is 38.8 Å². The van der Waals surface area contributed by atoms with Gasteiger partial charge in [-0.05, 0) is 42.5 Å². The van der Waals surface area contributed by atoms with Crippen molar-refractivity contribution in [1.82, 2.24) is 9.78 Å². The Balaban J connectivity index is 1.99. The molecule has 0 bridgehead atoms. The van der Waals surface area contributed by atoms with Crippen LogP contribution >= 0.6 is 0 Å². The normalized spacial score (nSPS) is 10.3. The standard InChI is InChI=1S/C21H19FN4O3/c1-28-18-9-4-14(12-19(18)29-2)20-17(13-26(25-20)11-3-10-23)21(27)24-16-7-5-15(22)6-8-16/h4-9,12-13H,3,11H2,1-2H3,(H,24,27). The Morgan fingerprint density at radius 1 is 1.17 bits per heavy atom. The van der Waals surface area contributed by atoms with E-state index < -0.39 is 11.7 Å². The maximum absolute atomic E-state index is 13.1. The van der Waals surface area contributed by atoms with Gasteiger partial charge in [0.2, 0.25) is 0 Å². The largest absolute Gasteiger partial charge is 0.493 e. The van der Waals surface area contributed by atoms with Crippen LogP contribution in [0.2, 0.25) is 0 Å². The van der Waals surface area contributed by atoms with Crippen molar-refractivity contribution in [2.75, 3.05) is 19.5 Å². The number of rotatable bonds is 7. The van der Waals surface area contributed by atoms with Crippen molar-refractivity contribution < 1.29 is 18.7 Å². The second-order valence-electron chi connectivity index (χ2n) is 6.09. The summed E-state index contributed by atoms with van der Waals surface area (Å²) in [5.41, 5.74) is 1.87. The maximum atomic E-state index is 13.1. The summed E-state index contributed by atoms with van der Waals surface area (Å²) in [5.74, 6) is 0.266. The number of ether oxygens (including phenoxy) is 2. The summed E-state index contributed by atoms with van der Waals surface area (Å²) >= 11 is 0. The van der Waals surface area contributed by atoms with Crippen LogP contribution in [0, 0.1) is 17.1 Å². The highest BCUT2D eigenvalue weighted by Crippen LogP contribution is 2.33. The van der Waals surface area contributed by atoms with Gasteiger partial charge >= 0.3 is 0 Å². The topological polar surface area (TPSA) is 89.2 Å². The number of methoxy groups -OCH3 is 2. The van der Waals surface area contributed by atoms with Crippen LogP contribution in [0.15, 0.2) is 48.7 Å². The number of benzene rings is 2. The predicted molar refractivity (Wildman–Crippen MR) is 105 cm³/mol. The van der Waals surface area contributed by atoms with Crippen LogP contribution in [0.25, 0.3) is 11.3 Å². The Labute approximate surface area is 167 Å². The van der Waals surface area contributed by atoms with E-state index >= 15 is 0 Å². The molecular formula is C21H19FN4O3. The molecule has 8 heteroatoms. The summed E-state index contributed by atoms with van der Waals surface area (Å²) < 4.78 is 25.3. The molecule has 0 radical (unpaired) electrons. The average Bonchev–Trinajstić information content (AvgIpc) is 3.17. The third-order valence-electron chi connectivity index (χ3n) is 4.22. The predicted octanol–water partition coefficient (Wildman–Crippen LogP) is 3.87. The molecule has 2 aromatic carbocycles. The van der Waals surface area contributed by atoms with E-state index in [9.17, 15) is 9.18 Å². The van der Waals surface area contributed by atoms with Crippen LogP contribution in [0.5, 0.6) is 11.5 Å². The number of nitriles is 1. The fourth-order valence-corrected chi connectivity index (χ4v) is 2.80. The molecule has 0 aliphatic heterocycles. The SMILES string of the molecule is COc1ccc(-c2nn(CCC#N)cc2C(=O)Nc2ccc(F)cc2)cc1OC. The number of carbonyl (C=O) groups excluding carboxylic acids is 1. The van der Waals surface area contributed by atoms with Crippen LogP contribution < -0.4 is 14.8 Å². The molecule has 29 heavy (non-hydrogen) atoms. The minimum absolute atomic E-state index is 0.256. The zero-order chi connectivity index (χ0) is 20.8. The summed E-state index contributed by atoms with van der Waals surface area (Å²) in [7, 11) is 3.06. The van der Waals surface area contributed by atoms with E-state index in [4.69, 9.17) is 14.7 Å². The van der Waals surface area contributed by atoms with Gasteiger partial charge in [-0.1, -0.05) is 0 Å². The van der Waals surface area contributed by atoms with E-state index in [0.29, 0.717) is 40.6 Å². The van der Waals surface area contributed by atoms with Crippen molar-refractivity contribution >= 4 is 11.6 Å². The van der Waals surface area contributed by atoms with E-state index in [0.717, 1.165) is 0 Å². The number of aromatic nitrogens is 2. The number of amides is 1. The molecule has 0 saturated carbocycles. The number of hydrogen-bond donors (Lipinski definition) is 1. The Morgan fingerprint density at radius 3 is 2.55 bits per heavy atom. The molecule has 148 valence electrons. The van der Waals surface area contributed by atoms with Gasteiger partial charge in [0.15, 0.2) is 11.5 Å². The lowest BCUT2D eigenvalue weighted by Crippen LogP contribution is -2.12. The first kappa shape index (κ1) is 19.9. The minimum Gasteiger partial charge on any atom is -0.493 e. The van der Waals surface area contributed by atoms with Gasteiger partial charge in [-0.2, -0.15) is 10.4 Å². The number of carbonyl (C=O) groups is 1. The molecule has 1 N–H and O–H groups in total. The molecule has 3 aromatic rings. The van der Waals surface area contributed by atoms with E-state index in [1.165, 1.54) is 38.5 Å². The first-order valence-electron chi connectivity index (χ1n) is 8.79. The highest BCUT2D eigenvalue weighted by atomic mass is 19.1. The molecule has 0 unspecified atom stereocenters. The van der Waals surface area contributed by atoms with E-state index in [1.54, 1.807) is 29.1 Å². The molecule has 1 aromatic heterocycles. The number of nitrogens with one attached hydrogen (secondary N) is 1. The van der Waals surface area contributed by atoms with Crippen LogP contribution in [0.1, 0.15) is 16.8 Å². The lowest BCUT2D eigenvalue weighted by Gasteiger charge is -2.10. The van der Waals surface area contributed by atoms with Crippen LogP contribution in [0.3, 0.4) is 0 Å². The first-order chi connectivity index (χ1) is 14.0. The number of aryl methyl sites for hydroxylation is 1. The highest BCUT2D eigenvalue weighted by Gasteiger charge is 2.19. The van der Waals surface area contributed by atoms with Gasteiger partial charge in [0, 0.05) is 17.4 Å². The lowest BCUT2D eigenvalue weighted by atomic mass is 10.1. The van der Waals surface area contributed by atoms with E-state index in [2.05, 4.69) is 16.5 Å². The first-order valence-corrected chi connectivity index (χ1v) is 8.79. The smallest absolute Gasteiger partial charge is 0.259 e. The van der Waals surface area contributed by atoms with Crippen molar-refractivity contribution in [2.45, 2.75) is 13.0 Å². The molecular weight excluding hydrogens is 375 g/mol. The third-order valence-corrected chi connectivity index (χ3v) is 4.22. The molecule has 1 heterocycles. The molecule has 0 saturated heterocycles. The fourth-order valence-electron chi connectivity index (χ4n) is 2.80. The summed E-state index contributed by atoms with van der Waals surface area (Å²) in [5, 5.41) is 16.1. The van der Waals surface area contributed by atoms with Gasteiger partial charge in [0.25, 0.3) is 5.91 Å². The van der Waals surface area contributed by atoms with Crippen LogP contribution in [-0.4, -0.2) is 29.9 Å². The second-order valence-corrected chi connectivity index (χ2v) is 6.09. The van der Waals surface area contributed by atoms with Gasteiger partial charge in [-0.25, -0.2) is 4.39 Å². The highest BCUT2D eigenvalue weighted by molar-refractivity contribution is 6.08. The quantitative estimate of drug-likeness (QED) is 0.657. The van der Waals surface area contributed by atoms with Gasteiger partial charge in [-0.15, -0.1) is 0 Å². The summed E-state index contributed by atoms with van der Waals surface area (Å²) in [4.78, 5) is 12.9. The summed E-state index contributed by atoms with van der Waals surface area (Å²) in [6.07, 6.45) is 1.84.